The summed E-state index contributed by atoms with van der Waals surface area (Å²) in [5, 5.41) is 0. The van der Waals surface area contributed by atoms with Gasteiger partial charge in [0, 0.05) is 13.1 Å². The van der Waals surface area contributed by atoms with Gasteiger partial charge in [-0.3, -0.25) is 0 Å². The van der Waals surface area contributed by atoms with Crippen LogP contribution in [0, 0.1) is 10.8 Å². The minimum absolute atomic E-state index is 0.346. The molecule has 1 atom stereocenters. The normalized spacial score (nSPS) is 27.7. The minimum Gasteiger partial charge on any atom is -0.330 e. The van der Waals surface area contributed by atoms with Crippen LogP contribution in [0.25, 0.3) is 0 Å². The molecule has 1 unspecified atom stereocenters. The third-order valence-electron chi connectivity index (χ3n) is 5.13. The molecule has 1 aliphatic heterocycles. The van der Waals surface area contributed by atoms with Gasteiger partial charge in [0.05, 0.1) is 0 Å². The molecule has 100 valence electrons. The molecule has 2 fully saturated rings. The summed E-state index contributed by atoms with van der Waals surface area (Å²) in [6.07, 6.45) is 9.88. The van der Waals surface area contributed by atoms with E-state index in [1.165, 1.54) is 64.6 Å². The molecule has 2 N–H and O–H groups in total. The molecule has 0 aromatic rings. The highest BCUT2D eigenvalue weighted by Crippen LogP contribution is 2.45. The van der Waals surface area contributed by atoms with Gasteiger partial charge in [0.25, 0.3) is 0 Å². The lowest BCUT2D eigenvalue weighted by Gasteiger charge is -2.33. The zero-order valence-corrected chi connectivity index (χ0v) is 11.8. The van der Waals surface area contributed by atoms with Gasteiger partial charge in [-0.15, -0.1) is 0 Å². The first-order valence-electron chi connectivity index (χ1n) is 7.54. The van der Waals surface area contributed by atoms with Crippen molar-refractivity contribution in [3.63, 3.8) is 0 Å². The van der Waals surface area contributed by atoms with E-state index >= 15 is 0 Å². The van der Waals surface area contributed by atoms with Crippen LogP contribution in [0.2, 0.25) is 0 Å². The van der Waals surface area contributed by atoms with Crippen molar-refractivity contribution in [3.8, 4) is 0 Å². The van der Waals surface area contributed by atoms with E-state index in [9.17, 15) is 0 Å². The highest BCUT2D eigenvalue weighted by atomic mass is 15.2. The first kappa shape index (κ1) is 13.4. The molecule has 1 heterocycles. The van der Waals surface area contributed by atoms with Crippen molar-refractivity contribution < 1.29 is 0 Å². The van der Waals surface area contributed by atoms with Gasteiger partial charge in [0.1, 0.15) is 0 Å². The van der Waals surface area contributed by atoms with E-state index in [1.807, 2.05) is 0 Å². The summed E-state index contributed by atoms with van der Waals surface area (Å²) in [6.45, 7) is 9.38. The van der Waals surface area contributed by atoms with Crippen LogP contribution < -0.4 is 5.73 Å². The quantitative estimate of drug-likeness (QED) is 0.798. The van der Waals surface area contributed by atoms with Crippen molar-refractivity contribution in [2.24, 2.45) is 16.6 Å². The Balaban J connectivity index is 1.88. The van der Waals surface area contributed by atoms with Crippen LogP contribution in [0.3, 0.4) is 0 Å². The van der Waals surface area contributed by atoms with Crippen molar-refractivity contribution >= 4 is 0 Å². The van der Waals surface area contributed by atoms with Gasteiger partial charge in [0.2, 0.25) is 0 Å². The van der Waals surface area contributed by atoms with Crippen molar-refractivity contribution in [1.29, 1.82) is 0 Å². The maximum atomic E-state index is 5.99. The molecule has 17 heavy (non-hydrogen) atoms. The maximum Gasteiger partial charge on any atom is 0.00476 e. The second-order valence-corrected chi connectivity index (χ2v) is 6.93. The Hall–Kier alpha value is -0.0800. The predicted molar refractivity (Wildman–Crippen MR) is 74.0 cm³/mol. The van der Waals surface area contributed by atoms with Crippen molar-refractivity contribution in [2.75, 3.05) is 26.2 Å². The Bertz CT molecular complexity index is 245. The monoisotopic (exact) mass is 238 g/mol. The van der Waals surface area contributed by atoms with Crippen LogP contribution in [-0.4, -0.2) is 31.1 Å². The molecule has 0 radical (unpaired) electrons. The van der Waals surface area contributed by atoms with Crippen LogP contribution in [0.4, 0.5) is 0 Å². The molecular weight excluding hydrogens is 208 g/mol. The maximum absolute atomic E-state index is 5.99. The Morgan fingerprint density at radius 1 is 1.24 bits per heavy atom. The first-order valence-corrected chi connectivity index (χ1v) is 7.54. The Morgan fingerprint density at radius 3 is 2.53 bits per heavy atom. The van der Waals surface area contributed by atoms with E-state index in [0.29, 0.717) is 10.8 Å². The Labute approximate surface area is 107 Å². The summed E-state index contributed by atoms with van der Waals surface area (Å²) in [5.41, 5.74) is 7.05. The van der Waals surface area contributed by atoms with Crippen LogP contribution in [0.15, 0.2) is 0 Å². The molecule has 0 amide bonds. The molecule has 1 spiro atoms. The highest BCUT2D eigenvalue weighted by Gasteiger charge is 2.41. The molecule has 2 nitrogen and oxygen atoms in total. The van der Waals surface area contributed by atoms with E-state index in [4.69, 9.17) is 5.73 Å². The average molecular weight is 238 g/mol. The number of rotatable bonds is 5. The lowest BCUT2D eigenvalue weighted by molar-refractivity contribution is 0.166. The van der Waals surface area contributed by atoms with Crippen LogP contribution in [0.1, 0.15) is 58.8 Å². The smallest absolute Gasteiger partial charge is 0.00476 e. The van der Waals surface area contributed by atoms with Gasteiger partial charge >= 0.3 is 0 Å². The number of nitrogens with two attached hydrogens (primary N) is 1. The molecule has 2 heteroatoms. The number of hydrogen-bond donors (Lipinski definition) is 1. The van der Waals surface area contributed by atoms with E-state index in [1.54, 1.807) is 0 Å². The standard InChI is InChI=1S/C15H30N2/c1-3-6-14(2,11-16)12-17-10-9-15(13-17)7-4-5-8-15/h3-13,16H2,1-2H3. The van der Waals surface area contributed by atoms with Crippen LogP contribution in [-0.2, 0) is 0 Å². The van der Waals surface area contributed by atoms with Crippen LogP contribution >= 0.6 is 0 Å². The van der Waals surface area contributed by atoms with E-state index in [-0.39, 0.29) is 0 Å². The fourth-order valence-electron chi connectivity index (χ4n) is 4.08. The number of likely N-dealkylation sites (tertiary alicyclic amines) is 1. The second kappa shape index (κ2) is 5.27. The molecule has 0 bridgehead atoms. The van der Waals surface area contributed by atoms with E-state index in [2.05, 4.69) is 18.7 Å². The molecule has 0 aromatic carbocycles. The zero-order chi connectivity index (χ0) is 12.4. The van der Waals surface area contributed by atoms with Crippen LogP contribution in [0.5, 0.6) is 0 Å². The summed E-state index contributed by atoms with van der Waals surface area (Å²) in [7, 11) is 0. The van der Waals surface area contributed by atoms with Gasteiger partial charge in [-0.05, 0) is 49.6 Å². The second-order valence-electron chi connectivity index (χ2n) is 6.93. The topological polar surface area (TPSA) is 29.3 Å². The number of nitrogens with zero attached hydrogens (tertiary/aromatic N) is 1. The summed E-state index contributed by atoms with van der Waals surface area (Å²) in [5.74, 6) is 0. The summed E-state index contributed by atoms with van der Waals surface area (Å²) in [4.78, 5) is 2.70. The molecule has 1 saturated heterocycles. The Kier molecular flexibility index (Phi) is 4.14. The largest absolute Gasteiger partial charge is 0.330 e. The first-order chi connectivity index (χ1) is 8.11. The molecule has 2 rings (SSSR count). The van der Waals surface area contributed by atoms with Gasteiger partial charge in [0.15, 0.2) is 0 Å². The third-order valence-corrected chi connectivity index (χ3v) is 5.13. The Morgan fingerprint density at radius 2 is 1.94 bits per heavy atom. The van der Waals surface area contributed by atoms with E-state index < -0.39 is 0 Å². The van der Waals surface area contributed by atoms with E-state index in [0.717, 1.165) is 6.54 Å². The number of hydrogen-bond acceptors (Lipinski definition) is 2. The average Bonchev–Trinajstić information content (AvgIpc) is 2.91. The van der Waals surface area contributed by atoms with Crippen molar-refractivity contribution in [1.82, 2.24) is 4.90 Å². The summed E-state index contributed by atoms with van der Waals surface area (Å²) < 4.78 is 0. The van der Waals surface area contributed by atoms with Gasteiger partial charge in [-0.1, -0.05) is 33.1 Å². The SMILES string of the molecule is CCCC(C)(CN)CN1CCC2(CCCC2)C1. The molecule has 2 aliphatic rings. The van der Waals surface area contributed by atoms with Gasteiger partial charge < -0.3 is 10.6 Å². The zero-order valence-electron chi connectivity index (χ0n) is 11.8. The van der Waals surface area contributed by atoms with Gasteiger partial charge in [-0.2, -0.15) is 0 Å². The fourth-order valence-corrected chi connectivity index (χ4v) is 4.08. The van der Waals surface area contributed by atoms with Crippen molar-refractivity contribution in [2.45, 2.75) is 58.8 Å². The molecule has 1 saturated carbocycles. The predicted octanol–water partition coefficient (Wildman–Crippen LogP) is 3.02. The fraction of sp³-hybridized carbons (Fsp3) is 1.00. The minimum atomic E-state index is 0.346. The molecular formula is C15H30N2. The van der Waals surface area contributed by atoms with Crippen molar-refractivity contribution in [3.05, 3.63) is 0 Å². The lowest BCUT2D eigenvalue weighted by atomic mass is 9.84. The lowest BCUT2D eigenvalue weighted by Crippen LogP contribution is -2.40. The van der Waals surface area contributed by atoms with Gasteiger partial charge in [-0.25, -0.2) is 0 Å². The summed E-state index contributed by atoms with van der Waals surface area (Å²) >= 11 is 0. The highest BCUT2D eigenvalue weighted by molar-refractivity contribution is 4.94. The molecule has 0 aromatic heterocycles. The summed E-state index contributed by atoms with van der Waals surface area (Å²) in [6, 6.07) is 0. The molecule has 1 aliphatic carbocycles. The third kappa shape index (κ3) is 3.03.